The van der Waals surface area contributed by atoms with Gasteiger partial charge in [-0.2, -0.15) is 5.10 Å². The highest BCUT2D eigenvalue weighted by molar-refractivity contribution is 6.12. The van der Waals surface area contributed by atoms with Crippen LogP contribution in [-0.4, -0.2) is 33.4 Å². The lowest BCUT2D eigenvalue weighted by Gasteiger charge is -2.10. The number of hydrogen-bond donors (Lipinski definition) is 0. The molecule has 0 aliphatic carbocycles. The van der Waals surface area contributed by atoms with Crippen molar-refractivity contribution in [2.75, 3.05) is 0 Å². The van der Waals surface area contributed by atoms with Gasteiger partial charge < -0.3 is 13.7 Å². The van der Waals surface area contributed by atoms with Crippen molar-refractivity contribution in [3.05, 3.63) is 133 Å². The Balaban J connectivity index is 1.22. The van der Waals surface area contributed by atoms with Gasteiger partial charge in [0.15, 0.2) is 5.82 Å². The number of rotatable bonds is 3. The summed E-state index contributed by atoms with van der Waals surface area (Å²) in [5.41, 5.74) is 11.1. The summed E-state index contributed by atoms with van der Waals surface area (Å²) in [4.78, 5) is 9.45. The number of aryl methyl sites for hydroxylation is 2. The Kier molecular flexibility index (Phi) is 5.39. The second-order valence-electron chi connectivity index (χ2n) is 12.1. The topological polar surface area (TPSA) is 58.4 Å². The third-order valence-electron chi connectivity index (χ3n) is 9.51. The van der Waals surface area contributed by atoms with Crippen molar-refractivity contribution in [1.29, 1.82) is 0 Å². The largest absolute Gasteiger partial charge is 0.330 e. The minimum Gasteiger partial charge on any atom is -0.330 e. The fraction of sp³-hybridized carbons (Fsp3) is 0.103. The summed E-state index contributed by atoms with van der Waals surface area (Å²) in [6, 6.07) is 36.9. The highest BCUT2D eigenvalue weighted by Gasteiger charge is 2.21. The van der Waals surface area contributed by atoms with Crippen LogP contribution in [0.4, 0.5) is 0 Å². The molecular weight excluding hydrogens is 566 g/mol. The smallest absolute Gasteiger partial charge is 0.160 e. The lowest BCUT2D eigenvalue weighted by Crippen LogP contribution is -2.05. The van der Waals surface area contributed by atoms with Gasteiger partial charge >= 0.3 is 0 Å². The van der Waals surface area contributed by atoms with Crippen molar-refractivity contribution in [2.24, 2.45) is 0 Å². The molecule has 0 atom stereocenters. The van der Waals surface area contributed by atoms with Gasteiger partial charge in [-0.3, -0.25) is 4.98 Å². The Labute approximate surface area is 264 Å². The average Bonchev–Trinajstić information content (AvgIpc) is 3.87. The Morgan fingerprint density at radius 2 is 1.30 bits per heavy atom. The molecule has 7 nitrogen and oxygen atoms in total. The van der Waals surface area contributed by atoms with Gasteiger partial charge in [0.1, 0.15) is 5.69 Å². The molecule has 1 aliphatic rings. The summed E-state index contributed by atoms with van der Waals surface area (Å²) in [5.74, 6) is 0.959. The quantitative estimate of drug-likeness (QED) is 0.205. The first-order chi connectivity index (χ1) is 22.8. The van der Waals surface area contributed by atoms with Gasteiger partial charge in [0.2, 0.25) is 0 Å². The van der Waals surface area contributed by atoms with E-state index in [9.17, 15) is 0 Å². The molecule has 4 aromatic carbocycles. The van der Waals surface area contributed by atoms with E-state index < -0.39 is 0 Å². The number of para-hydroxylation sites is 2. The Bertz CT molecular complexity index is 2540. The number of benzene rings is 4. The first-order valence-electron chi connectivity index (χ1n) is 15.9. The molecule has 7 heteroatoms. The normalized spacial score (nSPS) is 13.3. The monoisotopic (exact) mass is 595 g/mol. The summed E-state index contributed by atoms with van der Waals surface area (Å²) in [6.07, 6.45) is 11.3. The molecule has 6 heterocycles. The second kappa shape index (κ2) is 9.78. The maximum absolute atomic E-state index is 5.13. The number of imidazole rings is 1. The molecule has 0 fully saturated rings. The number of hydrogen-bond acceptors (Lipinski definition) is 3. The molecule has 10 rings (SSSR count). The molecule has 1 aliphatic heterocycles. The maximum Gasteiger partial charge on any atom is 0.160 e. The van der Waals surface area contributed by atoms with E-state index in [2.05, 4.69) is 128 Å². The zero-order chi connectivity index (χ0) is 30.2. The molecule has 9 aromatic rings. The van der Waals surface area contributed by atoms with Crippen LogP contribution in [0.25, 0.3) is 72.3 Å². The van der Waals surface area contributed by atoms with Crippen LogP contribution in [0.5, 0.6) is 0 Å². The molecule has 0 N–H and O–H groups in total. The minimum absolute atomic E-state index is 0.959. The van der Waals surface area contributed by atoms with Gasteiger partial charge in [-0.25, -0.2) is 9.67 Å². The number of aromatic nitrogens is 7. The molecule has 0 radical (unpaired) electrons. The van der Waals surface area contributed by atoms with Gasteiger partial charge in [-0.05, 0) is 86.0 Å². The van der Waals surface area contributed by atoms with E-state index in [1.807, 2.05) is 23.1 Å². The fourth-order valence-electron chi connectivity index (χ4n) is 7.42. The summed E-state index contributed by atoms with van der Waals surface area (Å²) >= 11 is 0. The molecular formula is C39H29N7. The van der Waals surface area contributed by atoms with Gasteiger partial charge in [0, 0.05) is 64.4 Å². The Hall–Kier alpha value is -5.95. The maximum atomic E-state index is 5.13. The molecule has 0 bridgehead atoms. The van der Waals surface area contributed by atoms with E-state index in [1.54, 1.807) is 0 Å². The Morgan fingerprint density at radius 3 is 2.20 bits per heavy atom. The standard InChI is InChI=1S/C39H29N7/c1-2-10-27(11-3-1)45-34-17-15-28(44-25-26-9-6-7-21-43-22-20-41-39(43)37(26)42-44)23-31(34)32-24-29(16-18-35(32)45)46-33-13-5-4-12-30(33)38-36(46)14-8-19-40-38/h1-5,8,10-20,22-25H,6-7,9,21H2. The molecule has 0 amide bonds. The molecule has 220 valence electrons. The molecule has 0 saturated heterocycles. The summed E-state index contributed by atoms with van der Waals surface area (Å²) in [5, 5.41) is 8.66. The minimum atomic E-state index is 0.959. The van der Waals surface area contributed by atoms with Gasteiger partial charge in [0.25, 0.3) is 0 Å². The van der Waals surface area contributed by atoms with E-state index in [0.717, 1.165) is 87.4 Å². The van der Waals surface area contributed by atoms with Crippen LogP contribution in [0, 0.1) is 0 Å². The number of nitrogens with zero attached hydrogens (tertiary/aromatic N) is 7. The summed E-state index contributed by atoms with van der Waals surface area (Å²) in [6.45, 7) is 0.983. The second-order valence-corrected chi connectivity index (χ2v) is 12.1. The predicted octanol–water partition coefficient (Wildman–Crippen LogP) is 8.66. The van der Waals surface area contributed by atoms with E-state index in [1.165, 1.54) is 16.3 Å². The zero-order valence-corrected chi connectivity index (χ0v) is 25.1. The van der Waals surface area contributed by atoms with Crippen LogP contribution >= 0.6 is 0 Å². The zero-order valence-electron chi connectivity index (χ0n) is 25.1. The highest BCUT2D eigenvalue weighted by atomic mass is 15.3. The lowest BCUT2D eigenvalue weighted by molar-refractivity contribution is 0.604. The third-order valence-corrected chi connectivity index (χ3v) is 9.51. The number of pyridine rings is 1. The first kappa shape index (κ1) is 25.4. The van der Waals surface area contributed by atoms with Crippen LogP contribution in [-0.2, 0) is 13.0 Å². The van der Waals surface area contributed by atoms with E-state index in [0.29, 0.717) is 0 Å². The summed E-state index contributed by atoms with van der Waals surface area (Å²) < 4.78 is 8.98. The average molecular weight is 596 g/mol. The Morgan fingerprint density at radius 1 is 0.565 bits per heavy atom. The molecule has 46 heavy (non-hydrogen) atoms. The van der Waals surface area contributed by atoms with Crippen LogP contribution in [0.1, 0.15) is 18.4 Å². The van der Waals surface area contributed by atoms with Crippen molar-refractivity contribution in [2.45, 2.75) is 25.8 Å². The van der Waals surface area contributed by atoms with Crippen molar-refractivity contribution in [3.8, 4) is 28.6 Å². The molecule has 5 aromatic heterocycles. The lowest BCUT2D eigenvalue weighted by atomic mass is 10.1. The SMILES string of the molecule is c1ccc(-n2c3ccc(-n4cc5c(n4)-c4nccn4CCCC5)cc3c3cc(-n4c5ccccc5c5ncccc54)ccc32)cc1. The van der Waals surface area contributed by atoms with Crippen LogP contribution < -0.4 is 0 Å². The molecule has 0 spiro atoms. The third kappa shape index (κ3) is 3.69. The number of fused-ring (bicyclic) bond motifs is 9. The van der Waals surface area contributed by atoms with Crippen LogP contribution in [0.3, 0.4) is 0 Å². The first-order valence-corrected chi connectivity index (χ1v) is 15.9. The van der Waals surface area contributed by atoms with Gasteiger partial charge in [-0.1, -0.05) is 36.4 Å². The van der Waals surface area contributed by atoms with E-state index >= 15 is 0 Å². The van der Waals surface area contributed by atoms with Crippen molar-refractivity contribution >= 4 is 43.7 Å². The van der Waals surface area contributed by atoms with Crippen molar-refractivity contribution in [1.82, 2.24) is 33.4 Å². The van der Waals surface area contributed by atoms with Crippen LogP contribution in [0.15, 0.2) is 128 Å². The van der Waals surface area contributed by atoms with Crippen molar-refractivity contribution < 1.29 is 0 Å². The summed E-state index contributed by atoms with van der Waals surface area (Å²) in [7, 11) is 0. The predicted molar refractivity (Wildman–Crippen MR) is 184 cm³/mol. The highest BCUT2D eigenvalue weighted by Crippen LogP contribution is 2.37. The van der Waals surface area contributed by atoms with Crippen LogP contribution in [0.2, 0.25) is 0 Å². The van der Waals surface area contributed by atoms with Crippen molar-refractivity contribution in [3.63, 3.8) is 0 Å². The van der Waals surface area contributed by atoms with E-state index in [4.69, 9.17) is 10.1 Å². The molecule has 0 unspecified atom stereocenters. The van der Waals surface area contributed by atoms with Gasteiger partial charge in [-0.15, -0.1) is 0 Å². The van der Waals surface area contributed by atoms with Gasteiger partial charge in [0.05, 0.1) is 33.3 Å². The molecule has 0 saturated carbocycles. The van der Waals surface area contributed by atoms with E-state index in [-0.39, 0.29) is 0 Å². The fourth-order valence-corrected chi connectivity index (χ4v) is 7.42.